The van der Waals surface area contributed by atoms with E-state index in [9.17, 15) is 18.0 Å². The second-order valence-electron chi connectivity index (χ2n) is 8.55. The molecule has 2 aromatic heterocycles. The van der Waals surface area contributed by atoms with E-state index >= 15 is 0 Å². The number of likely N-dealkylation sites (tertiary alicyclic amines) is 1. The van der Waals surface area contributed by atoms with Gasteiger partial charge in [-0.05, 0) is 38.0 Å². The molecule has 0 saturated carbocycles. The molecule has 0 spiro atoms. The molecule has 1 amide bonds. The Balaban J connectivity index is 0.000000406. The number of hydrogen-bond donors (Lipinski definition) is 1. The number of hydrogen-bond acceptors (Lipinski definition) is 5. The van der Waals surface area contributed by atoms with Crippen molar-refractivity contribution in [3.63, 3.8) is 0 Å². The van der Waals surface area contributed by atoms with E-state index in [2.05, 4.69) is 39.0 Å². The van der Waals surface area contributed by atoms with Crippen molar-refractivity contribution in [3.05, 3.63) is 41.5 Å². The van der Waals surface area contributed by atoms with Crippen LogP contribution >= 0.6 is 0 Å². The molecule has 1 saturated heterocycles. The van der Waals surface area contributed by atoms with Crippen LogP contribution in [0.2, 0.25) is 0 Å². The van der Waals surface area contributed by atoms with Crippen LogP contribution in [0.5, 0.6) is 0 Å². The fourth-order valence-electron chi connectivity index (χ4n) is 4.14. The lowest BCUT2D eigenvalue weighted by molar-refractivity contribution is -0.192. The van der Waals surface area contributed by atoms with Crippen molar-refractivity contribution in [1.29, 1.82) is 0 Å². The van der Waals surface area contributed by atoms with Crippen molar-refractivity contribution < 1.29 is 32.6 Å². The second-order valence-corrected chi connectivity index (χ2v) is 8.55. The topological polar surface area (TPSA) is 92.8 Å². The van der Waals surface area contributed by atoms with Gasteiger partial charge in [-0.3, -0.25) is 14.4 Å². The molecule has 1 fully saturated rings. The monoisotopic (exact) mass is 485 g/mol. The van der Waals surface area contributed by atoms with Crippen LogP contribution in [0.25, 0.3) is 0 Å². The first-order valence-electron chi connectivity index (χ1n) is 11.1. The molecule has 2 aliphatic rings. The van der Waals surface area contributed by atoms with Crippen LogP contribution in [0.3, 0.4) is 0 Å². The van der Waals surface area contributed by atoms with Crippen molar-refractivity contribution in [3.8, 4) is 0 Å². The number of rotatable bonds is 5. The molecule has 0 aromatic carbocycles. The standard InChI is InChI=1S/C20H29N5O2.C2HF3O2/c1-16-10-18(22(2)21-16)12-23-11-17-6-5-9-25(17)14-19(13-23)27-15-20(26)24-7-3-4-8-24;3-2(4,5)1(6)7/h5-6,9-10,19H,3-4,7-8,11-15H2,1-2H3;(H,6,7). The normalized spacial score (nSPS) is 18.7. The number of ether oxygens (including phenoxy) is 1. The highest BCUT2D eigenvalue weighted by molar-refractivity contribution is 5.77. The maximum atomic E-state index is 12.4. The van der Waals surface area contributed by atoms with Gasteiger partial charge in [-0.2, -0.15) is 18.3 Å². The van der Waals surface area contributed by atoms with E-state index < -0.39 is 12.1 Å². The third-order valence-electron chi connectivity index (χ3n) is 5.80. The van der Waals surface area contributed by atoms with Gasteiger partial charge in [0.05, 0.1) is 17.5 Å². The van der Waals surface area contributed by atoms with Gasteiger partial charge >= 0.3 is 12.1 Å². The Labute approximate surface area is 195 Å². The summed E-state index contributed by atoms with van der Waals surface area (Å²) in [5.41, 5.74) is 3.51. The number of alkyl halides is 3. The molecule has 1 atom stereocenters. The van der Waals surface area contributed by atoms with Gasteiger partial charge in [-0.25, -0.2) is 4.79 Å². The molecule has 4 rings (SSSR count). The summed E-state index contributed by atoms with van der Waals surface area (Å²) in [6, 6.07) is 6.38. The zero-order chi connectivity index (χ0) is 24.9. The van der Waals surface area contributed by atoms with Crippen LogP contribution < -0.4 is 0 Å². The van der Waals surface area contributed by atoms with E-state index in [1.807, 2.05) is 23.6 Å². The lowest BCUT2D eigenvalue weighted by atomic mass is 10.3. The van der Waals surface area contributed by atoms with E-state index in [1.54, 1.807) is 0 Å². The third-order valence-corrected chi connectivity index (χ3v) is 5.80. The number of carbonyl (C=O) groups is 2. The molecule has 0 bridgehead atoms. The minimum Gasteiger partial charge on any atom is -0.475 e. The number of aromatic nitrogens is 3. The van der Waals surface area contributed by atoms with Crippen LogP contribution in [-0.2, 0) is 41.0 Å². The second kappa shape index (κ2) is 11.0. The predicted molar refractivity (Wildman–Crippen MR) is 116 cm³/mol. The van der Waals surface area contributed by atoms with Gasteiger partial charge in [0.15, 0.2) is 0 Å². The molecule has 188 valence electrons. The highest BCUT2D eigenvalue weighted by Crippen LogP contribution is 2.18. The van der Waals surface area contributed by atoms with Crippen LogP contribution in [0.4, 0.5) is 13.2 Å². The van der Waals surface area contributed by atoms with Crippen molar-refractivity contribution in [2.75, 3.05) is 26.2 Å². The highest BCUT2D eigenvalue weighted by Gasteiger charge is 2.38. The van der Waals surface area contributed by atoms with E-state index in [0.29, 0.717) is 0 Å². The average molecular weight is 486 g/mol. The molecule has 9 nitrogen and oxygen atoms in total. The third kappa shape index (κ3) is 7.07. The Bertz CT molecular complexity index is 982. The predicted octanol–water partition coefficient (Wildman–Crippen LogP) is 2.19. The fraction of sp³-hybridized carbons (Fsp3) is 0.591. The molecule has 2 aliphatic heterocycles. The number of carboxylic acid groups (broad SMARTS) is 1. The average Bonchev–Trinajstić information content (AvgIpc) is 3.47. The van der Waals surface area contributed by atoms with Crippen molar-refractivity contribution in [2.45, 2.75) is 51.7 Å². The maximum absolute atomic E-state index is 12.4. The van der Waals surface area contributed by atoms with Gasteiger partial charge in [0.2, 0.25) is 5.91 Å². The smallest absolute Gasteiger partial charge is 0.475 e. The zero-order valence-corrected chi connectivity index (χ0v) is 19.3. The number of carbonyl (C=O) groups excluding carboxylic acids is 1. The Morgan fingerprint density at radius 2 is 1.91 bits per heavy atom. The number of amides is 1. The molecule has 2 aromatic rings. The summed E-state index contributed by atoms with van der Waals surface area (Å²) in [5.74, 6) is -2.63. The molecular formula is C22H30F3N5O4. The van der Waals surface area contributed by atoms with E-state index in [4.69, 9.17) is 14.6 Å². The maximum Gasteiger partial charge on any atom is 0.490 e. The van der Waals surface area contributed by atoms with Gasteiger partial charge in [0, 0.05) is 58.2 Å². The summed E-state index contributed by atoms with van der Waals surface area (Å²) >= 11 is 0. The minimum absolute atomic E-state index is 0.000437. The number of carboxylic acids is 1. The number of halogens is 3. The van der Waals surface area contributed by atoms with Gasteiger partial charge in [-0.1, -0.05) is 0 Å². The van der Waals surface area contributed by atoms with Crippen LogP contribution in [0.1, 0.15) is 29.9 Å². The van der Waals surface area contributed by atoms with Crippen molar-refractivity contribution >= 4 is 11.9 Å². The number of nitrogens with zero attached hydrogens (tertiary/aromatic N) is 5. The Morgan fingerprint density at radius 3 is 2.50 bits per heavy atom. The zero-order valence-electron chi connectivity index (χ0n) is 19.3. The number of fused-ring (bicyclic) bond motifs is 1. The van der Waals surface area contributed by atoms with Crippen LogP contribution in [0.15, 0.2) is 24.4 Å². The lowest BCUT2D eigenvalue weighted by Crippen LogP contribution is -2.37. The van der Waals surface area contributed by atoms with Gasteiger partial charge in [0.1, 0.15) is 6.61 Å². The molecule has 0 aliphatic carbocycles. The van der Waals surface area contributed by atoms with Gasteiger partial charge in [-0.15, -0.1) is 0 Å². The van der Waals surface area contributed by atoms with E-state index in [-0.39, 0.29) is 18.6 Å². The summed E-state index contributed by atoms with van der Waals surface area (Å²) in [4.78, 5) is 25.6. The largest absolute Gasteiger partial charge is 0.490 e. The van der Waals surface area contributed by atoms with Crippen LogP contribution in [-0.4, -0.2) is 79.7 Å². The quantitative estimate of drug-likeness (QED) is 0.698. The van der Waals surface area contributed by atoms with Gasteiger partial charge < -0.3 is 19.3 Å². The summed E-state index contributed by atoms with van der Waals surface area (Å²) in [6.45, 7) is 7.24. The first-order valence-corrected chi connectivity index (χ1v) is 11.1. The molecule has 12 heteroatoms. The molecule has 34 heavy (non-hydrogen) atoms. The minimum atomic E-state index is -5.08. The SMILES string of the molecule is Cc1cc(CN2Cc3cccn3CC(OCC(=O)N3CCCC3)C2)n(C)n1.O=C(O)C(F)(F)F. The summed E-state index contributed by atoms with van der Waals surface area (Å²) in [5, 5.41) is 11.6. The van der Waals surface area contributed by atoms with Crippen LogP contribution in [0, 0.1) is 6.92 Å². The highest BCUT2D eigenvalue weighted by atomic mass is 19.4. The molecule has 0 radical (unpaired) electrons. The van der Waals surface area contributed by atoms with Crippen molar-refractivity contribution in [2.24, 2.45) is 7.05 Å². The number of aryl methyl sites for hydroxylation is 2. The summed E-state index contributed by atoms with van der Waals surface area (Å²) < 4.78 is 42.0. The Kier molecular flexibility index (Phi) is 8.37. The fourth-order valence-corrected chi connectivity index (χ4v) is 4.14. The first kappa shape index (κ1) is 25.8. The molecule has 4 heterocycles. The lowest BCUT2D eigenvalue weighted by Gasteiger charge is -2.25. The Morgan fingerprint density at radius 1 is 1.24 bits per heavy atom. The van der Waals surface area contributed by atoms with E-state index in [0.717, 1.165) is 57.8 Å². The van der Waals surface area contributed by atoms with Gasteiger partial charge in [0.25, 0.3) is 0 Å². The Hall–Kier alpha value is -2.86. The van der Waals surface area contributed by atoms with Crippen molar-refractivity contribution in [1.82, 2.24) is 24.1 Å². The summed E-state index contributed by atoms with van der Waals surface area (Å²) in [7, 11) is 1.99. The first-order chi connectivity index (χ1) is 16.0. The molecule has 1 N–H and O–H groups in total. The molecular weight excluding hydrogens is 455 g/mol. The summed E-state index contributed by atoms with van der Waals surface area (Å²) in [6.07, 6.45) is -0.759. The van der Waals surface area contributed by atoms with E-state index in [1.165, 1.54) is 11.4 Å². The molecule has 1 unspecified atom stereocenters. The number of aliphatic carboxylic acids is 1.